The van der Waals surface area contributed by atoms with Crippen LogP contribution >= 0.6 is 0 Å². The fourth-order valence-corrected chi connectivity index (χ4v) is 3.39. The van der Waals surface area contributed by atoms with E-state index in [9.17, 15) is 0 Å². The van der Waals surface area contributed by atoms with Crippen molar-refractivity contribution in [1.29, 1.82) is 0 Å². The van der Waals surface area contributed by atoms with Gasteiger partial charge in [0.1, 0.15) is 0 Å². The van der Waals surface area contributed by atoms with Gasteiger partial charge in [-0.05, 0) is 23.8 Å². The molecular weight excluding hydrogens is 408 g/mol. The van der Waals surface area contributed by atoms with E-state index < -0.39 is 0 Å². The molecule has 0 amide bonds. The van der Waals surface area contributed by atoms with Gasteiger partial charge in [-0.2, -0.15) is 20.1 Å². The number of hydrogen-bond donors (Lipinski definition) is 1. The van der Waals surface area contributed by atoms with Crippen LogP contribution in [0.25, 0.3) is 6.08 Å². The number of benzene rings is 1. The number of hydrazone groups is 1. The average molecular weight is 439 g/mol. The van der Waals surface area contributed by atoms with Crippen LogP contribution in [0.1, 0.15) is 5.56 Å². The first-order valence-corrected chi connectivity index (χ1v) is 10.8. The first kappa shape index (κ1) is 22.0. The molecule has 2 aliphatic heterocycles. The largest absolute Gasteiger partial charge is 0.378 e. The summed E-state index contributed by atoms with van der Waals surface area (Å²) in [7, 11) is 4.05. The van der Waals surface area contributed by atoms with Gasteiger partial charge in [0.2, 0.25) is 17.8 Å². The van der Waals surface area contributed by atoms with E-state index in [-0.39, 0.29) is 0 Å². The summed E-state index contributed by atoms with van der Waals surface area (Å²) in [4.78, 5) is 20.1. The van der Waals surface area contributed by atoms with Gasteiger partial charge >= 0.3 is 0 Å². The number of morpholine rings is 2. The van der Waals surface area contributed by atoms with E-state index in [0.717, 1.165) is 31.7 Å². The second-order valence-electron chi connectivity index (χ2n) is 7.69. The second kappa shape index (κ2) is 10.9. The molecule has 1 aromatic carbocycles. The lowest BCUT2D eigenvalue weighted by Gasteiger charge is -2.30. The molecule has 32 heavy (non-hydrogen) atoms. The maximum atomic E-state index is 5.46. The summed E-state index contributed by atoms with van der Waals surface area (Å²) < 4.78 is 10.9. The van der Waals surface area contributed by atoms with E-state index >= 15 is 0 Å². The highest BCUT2D eigenvalue weighted by atomic mass is 16.5. The lowest BCUT2D eigenvalue weighted by Crippen LogP contribution is -2.40. The van der Waals surface area contributed by atoms with E-state index in [0.29, 0.717) is 44.3 Å². The molecule has 2 saturated heterocycles. The van der Waals surface area contributed by atoms with Crippen LogP contribution in [-0.4, -0.2) is 87.9 Å². The number of ether oxygens (including phenoxy) is 2. The van der Waals surface area contributed by atoms with Gasteiger partial charge in [0.15, 0.2) is 0 Å². The zero-order chi connectivity index (χ0) is 22.2. The number of hydrogen-bond acceptors (Lipinski definition) is 10. The van der Waals surface area contributed by atoms with Crippen molar-refractivity contribution in [1.82, 2.24) is 15.0 Å². The highest BCUT2D eigenvalue weighted by Gasteiger charge is 2.20. The molecule has 170 valence electrons. The number of nitrogens with one attached hydrogen (secondary N) is 1. The molecular formula is C22H30N8O2. The molecule has 2 fully saturated rings. The Morgan fingerprint density at radius 3 is 1.97 bits per heavy atom. The number of nitrogens with zero attached hydrogens (tertiary/aromatic N) is 7. The summed E-state index contributed by atoms with van der Waals surface area (Å²) in [5.41, 5.74) is 5.22. The van der Waals surface area contributed by atoms with Crippen molar-refractivity contribution in [3.63, 3.8) is 0 Å². The quantitative estimate of drug-likeness (QED) is 0.512. The van der Waals surface area contributed by atoms with Gasteiger partial charge in [-0.3, -0.25) is 0 Å². The lowest BCUT2D eigenvalue weighted by atomic mass is 10.2. The number of aromatic nitrogens is 3. The minimum absolute atomic E-state index is 0.419. The van der Waals surface area contributed by atoms with Crippen LogP contribution < -0.4 is 20.1 Å². The zero-order valence-electron chi connectivity index (χ0n) is 18.6. The topological polar surface area (TPSA) is 91.2 Å². The predicted octanol–water partition coefficient (Wildman–Crippen LogP) is 1.72. The summed E-state index contributed by atoms with van der Waals surface area (Å²) in [6, 6.07) is 8.31. The Kier molecular flexibility index (Phi) is 7.47. The highest BCUT2D eigenvalue weighted by Crippen LogP contribution is 2.19. The molecule has 10 heteroatoms. The molecule has 4 rings (SSSR count). The van der Waals surface area contributed by atoms with E-state index in [2.05, 4.69) is 59.5 Å². The van der Waals surface area contributed by atoms with Gasteiger partial charge < -0.3 is 24.2 Å². The third-order valence-electron chi connectivity index (χ3n) is 5.22. The Balaban J connectivity index is 1.44. The van der Waals surface area contributed by atoms with E-state index in [1.165, 1.54) is 5.69 Å². The molecule has 0 atom stereocenters. The van der Waals surface area contributed by atoms with Crippen LogP contribution in [0.2, 0.25) is 0 Å². The SMILES string of the molecule is CN(C)c1ccc(/C=C/C=N\Nc2nc(N3CCOCC3)nc(N3CCOCC3)n2)cc1. The molecule has 10 nitrogen and oxygen atoms in total. The van der Waals surface area contributed by atoms with Crippen LogP contribution in [0.3, 0.4) is 0 Å². The van der Waals surface area contributed by atoms with Gasteiger partial charge in [0.05, 0.1) is 26.4 Å². The first-order chi connectivity index (χ1) is 15.7. The molecule has 0 aliphatic carbocycles. The molecule has 0 unspecified atom stereocenters. The average Bonchev–Trinajstić information content (AvgIpc) is 2.85. The van der Waals surface area contributed by atoms with Gasteiger partial charge in [-0.1, -0.05) is 18.2 Å². The normalized spacial score (nSPS) is 17.3. The zero-order valence-corrected chi connectivity index (χ0v) is 18.6. The Hall–Kier alpha value is -3.24. The number of allylic oxidation sites excluding steroid dienone is 1. The molecule has 2 aliphatic rings. The van der Waals surface area contributed by atoms with E-state index in [1.54, 1.807) is 6.21 Å². The molecule has 0 spiro atoms. The minimum Gasteiger partial charge on any atom is -0.378 e. The van der Waals surface area contributed by atoms with Crippen molar-refractivity contribution in [2.75, 3.05) is 86.8 Å². The van der Waals surface area contributed by atoms with Crippen molar-refractivity contribution in [2.24, 2.45) is 5.10 Å². The molecule has 0 radical (unpaired) electrons. The van der Waals surface area contributed by atoms with Crippen LogP contribution in [-0.2, 0) is 9.47 Å². The number of anilines is 4. The predicted molar refractivity (Wildman–Crippen MR) is 128 cm³/mol. The minimum atomic E-state index is 0.419. The smallest absolute Gasteiger partial charge is 0.250 e. The number of rotatable bonds is 7. The lowest BCUT2D eigenvalue weighted by molar-refractivity contribution is 0.121. The van der Waals surface area contributed by atoms with Crippen LogP contribution in [0.15, 0.2) is 35.4 Å². The van der Waals surface area contributed by atoms with Crippen molar-refractivity contribution in [3.8, 4) is 0 Å². The monoisotopic (exact) mass is 438 g/mol. The van der Waals surface area contributed by atoms with E-state index in [4.69, 9.17) is 14.5 Å². The first-order valence-electron chi connectivity index (χ1n) is 10.8. The summed E-state index contributed by atoms with van der Waals surface area (Å²) in [6.45, 7) is 5.68. The molecule has 1 aromatic heterocycles. The van der Waals surface area contributed by atoms with Crippen LogP contribution in [0.4, 0.5) is 23.5 Å². The third-order valence-corrected chi connectivity index (χ3v) is 5.22. The van der Waals surface area contributed by atoms with Gasteiger partial charge in [0, 0.05) is 52.2 Å². The Bertz CT molecular complexity index is 884. The van der Waals surface area contributed by atoms with E-state index in [1.807, 2.05) is 26.2 Å². The molecule has 0 bridgehead atoms. The van der Waals surface area contributed by atoms with Gasteiger partial charge in [-0.15, -0.1) is 0 Å². The second-order valence-corrected chi connectivity index (χ2v) is 7.69. The van der Waals surface area contributed by atoms with Crippen molar-refractivity contribution in [2.45, 2.75) is 0 Å². The summed E-state index contributed by atoms with van der Waals surface area (Å²) >= 11 is 0. The summed E-state index contributed by atoms with van der Waals surface area (Å²) in [5, 5.41) is 4.27. The fourth-order valence-electron chi connectivity index (χ4n) is 3.39. The fraction of sp³-hybridized carbons (Fsp3) is 0.455. The standard InChI is InChI=1S/C22H30N8O2/c1-28(2)19-7-5-18(6-8-19)4-3-9-23-27-20-24-21(29-10-14-31-15-11-29)26-22(25-20)30-12-16-32-17-13-30/h3-9H,10-17H2,1-2H3,(H,24,25,26,27)/b4-3+,23-9-. The summed E-state index contributed by atoms with van der Waals surface area (Å²) in [6.07, 6.45) is 5.56. The van der Waals surface area contributed by atoms with Crippen molar-refractivity contribution >= 4 is 35.8 Å². The van der Waals surface area contributed by atoms with Crippen LogP contribution in [0.5, 0.6) is 0 Å². The maximum Gasteiger partial charge on any atom is 0.250 e. The maximum absolute atomic E-state index is 5.46. The highest BCUT2D eigenvalue weighted by molar-refractivity contribution is 5.78. The molecule has 0 saturated carbocycles. The Morgan fingerprint density at radius 1 is 0.875 bits per heavy atom. The molecule has 2 aromatic rings. The Labute approximate surface area is 188 Å². The van der Waals surface area contributed by atoms with Gasteiger partial charge in [0.25, 0.3) is 0 Å². The molecule has 3 heterocycles. The Morgan fingerprint density at radius 2 is 1.44 bits per heavy atom. The summed E-state index contributed by atoms with van der Waals surface area (Å²) in [5.74, 6) is 1.70. The van der Waals surface area contributed by atoms with Gasteiger partial charge in [-0.25, -0.2) is 5.43 Å². The van der Waals surface area contributed by atoms with Crippen molar-refractivity contribution in [3.05, 3.63) is 35.9 Å². The third kappa shape index (κ3) is 5.92. The van der Waals surface area contributed by atoms with Crippen molar-refractivity contribution < 1.29 is 9.47 Å². The van der Waals surface area contributed by atoms with Crippen LogP contribution in [0, 0.1) is 0 Å². The molecule has 1 N–H and O–H groups in total.